The summed E-state index contributed by atoms with van der Waals surface area (Å²) in [5.41, 5.74) is 1.38. The number of nitrogens with one attached hydrogen (secondary N) is 1. The van der Waals surface area contributed by atoms with Gasteiger partial charge in [-0.15, -0.1) is 0 Å². The van der Waals surface area contributed by atoms with Crippen LogP contribution in [0.3, 0.4) is 0 Å². The van der Waals surface area contributed by atoms with E-state index >= 15 is 0 Å². The minimum atomic E-state index is -1.16. The molecule has 5 nitrogen and oxygen atoms in total. The molecular formula is C17H21NO4. The number of hydrogen-bond donors (Lipinski definition) is 2. The third kappa shape index (κ3) is 2.86. The highest BCUT2D eigenvalue weighted by Gasteiger charge is 2.42. The van der Waals surface area contributed by atoms with Crippen LogP contribution in [0.15, 0.2) is 24.3 Å². The number of rotatable bonds is 4. The largest absolute Gasteiger partial charge is 0.480 e. The lowest BCUT2D eigenvalue weighted by Crippen LogP contribution is -2.57. The number of ether oxygens (including phenoxy) is 1. The first kappa shape index (κ1) is 15.0. The molecular weight excluding hydrogens is 282 g/mol. The van der Waals surface area contributed by atoms with Crippen molar-refractivity contribution in [2.24, 2.45) is 0 Å². The third-order valence-electron chi connectivity index (χ3n) is 4.82. The first-order chi connectivity index (χ1) is 10.6. The van der Waals surface area contributed by atoms with Crippen LogP contribution < -0.4 is 5.32 Å². The van der Waals surface area contributed by atoms with Gasteiger partial charge < -0.3 is 15.2 Å². The highest BCUT2D eigenvalue weighted by molar-refractivity contribution is 5.87. The molecule has 3 rings (SSSR count). The molecule has 118 valence electrons. The van der Waals surface area contributed by atoms with Crippen LogP contribution in [0.25, 0.3) is 0 Å². The second kappa shape index (κ2) is 6.08. The smallest absolute Gasteiger partial charge is 0.329 e. The number of aryl methyl sites for hydroxylation is 1. The fourth-order valence-corrected chi connectivity index (χ4v) is 3.51. The first-order valence-corrected chi connectivity index (χ1v) is 7.81. The topological polar surface area (TPSA) is 75.6 Å². The summed E-state index contributed by atoms with van der Waals surface area (Å²) in [6.07, 6.45) is 2.96. The van der Waals surface area contributed by atoms with Crippen LogP contribution >= 0.6 is 0 Å². The maximum atomic E-state index is 12.4. The number of carboxylic acid groups (broad SMARTS) is 1. The molecule has 1 saturated heterocycles. The number of fused-ring (bicyclic) bond motifs is 1. The average Bonchev–Trinajstić information content (AvgIpc) is 2.91. The van der Waals surface area contributed by atoms with Crippen LogP contribution in [0.2, 0.25) is 0 Å². The zero-order valence-electron chi connectivity index (χ0n) is 12.5. The van der Waals surface area contributed by atoms with Gasteiger partial charge in [0.05, 0.1) is 0 Å². The van der Waals surface area contributed by atoms with Gasteiger partial charge in [-0.1, -0.05) is 24.3 Å². The van der Waals surface area contributed by atoms with E-state index in [1.807, 2.05) is 12.1 Å². The summed E-state index contributed by atoms with van der Waals surface area (Å²) in [6, 6.07) is 8.18. The van der Waals surface area contributed by atoms with Crippen LogP contribution in [0.4, 0.5) is 0 Å². The summed E-state index contributed by atoms with van der Waals surface area (Å²) in [7, 11) is 0. The Balaban J connectivity index is 1.66. The molecule has 1 aliphatic heterocycles. The molecule has 1 aromatic rings. The van der Waals surface area contributed by atoms with E-state index in [1.165, 1.54) is 11.1 Å². The Morgan fingerprint density at radius 3 is 2.73 bits per heavy atom. The van der Waals surface area contributed by atoms with Crippen LogP contribution in [-0.2, 0) is 20.7 Å². The molecule has 22 heavy (non-hydrogen) atoms. The van der Waals surface area contributed by atoms with Crippen molar-refractivity contribution in [3.05, 3.63) is 35.4 Å². The zero-order valence-corrected chi connectivity index (χ0v) is 12.5. The number of amides is 1. The second-order valence-corrected chi connectivity index (χ2v) is 6.19. The molecule has 5 heteroatoms. The summed E-state index contributed by atoms with van der Waals surface area (Å²) >= 11 is 0. The first-order valence-electron chi connectivity index (χ1n) is 7.81. The number of carbonyl (C=O) groups is 2. The Labute approximate surface area is 129 Å². The van der Waals surface area contributed by atoms with Crippen molar-refractivity contribution in [1.82, 2.24) is 5.32 Å². The van der Waals surface area contributed by atoms with Crippen molar-refractivity contribution in [3.8, 4) is 0 Å². The number of benzene rings is 1. The van der Waals surface area contributed by atoms with Crippen LogP contribution in [-0.4, -0.2) is 35.7 Å². The molecule has 1 amide bonds. The summed E-state index contributed by atoms with van der Waals surface area (Å²) in [5.74, 6) is -0.941. The van der Waals surface area contributed by atoms with E-state index in [0.717, 1.165) is 12.8 Å². The lowest BCUT2D eigenvalue weighted by molar-refractivity contribution is -0.152. The molecule has 1 aliphatic carbocycles. The van der Waals surface area contributed by atoms with Crippen LogP contribution in [0.5, 0.6) is 0 Å². The molecule has 1 aromatic carbocycles. The molecule has 0 bridgehead atoms. The van der Waals surface area contributed by atoms with Gasteiger partial charge in [0.1, 0.15) is 5.54 Å². The molecule has 0 radical (unpaired) electrons. The number of hydrogen-bond acceptors (Lipinski definition) is 3. The van der Waals surface area contributed by atoms with E-state index in [0.29, 0.717) is 32.5 Å². The summed E-state index contributed by atoms with van der Waals surface area (Å²) in [6.45, 7) is 0.748. The molecule has 0 aromatic heterocycles. The normalized spacial score (nSPS) is 22.8. The van der Waals surface area contributed by atoms with Gasteiger partial charge in [0, 0.05) is 32.5 Å². The average molecular weight is 303 g/mol. The van der Waals surface area contributed by atoms with E-state index in [4.69, 9.17) is 4.74 Å². The Kier molecular flexibility index (Phi) is 4.16. The van der Waals surface area contributed by atoms with Gasteiger partial charge in [-0.05, 0) is 29.9 Å². The van der Waals surface area contributed by atoms with Crippen molar-refractivity contribution >= 4 is 11.9 Å². The number of carboxylic acids is 1. The Morgan fingerprint density at radius 2 is 2.00 bits per heavy atom. The van der Waals surface area contributed by atoms with Gasteiger partial charge >= 0.3 is 5.97 Å². The Hall–Kier alpha value is -1.88. The van der Waals surface area contributed by atoms with E-state index < -0.39 is 11.5 Å². The maximum Gasteiger partial charge on any atom is 0.329 e. The predicted octanol–water partition coefficient (Wildman–Crippen LogP) is 1.86. The number of aliphatic carboxylic acids is 1. The highest BCUT2D eigenvalue weighted by Crippen LogP contribution is 2.35. The van der Waals surface area contributed by atoms with E-state index in [9.17, 15) is 14.7 Å². The monoisotopic (exact) mass is 303 g/mol. The molecule has 2 aliphatic rings. The molecule has 1 heterocycles. The fraction of sp³-hybridized carbons (Fsp3) is 0.529. The van der Waals surface area contributed by atoms with Gasteiger partial charge in [0.25, 0.3) is 0 Å². The summed E-state index contributed by atoms with van der Waals surface area (Å²) in [5, 5.41) is 12.3. The minimum absolute atomic E-state index is 0.175. The quantitative estimate of drug-likeness (QED) is 0.890. The molecule has 1 atom stereocenters. The summed E-state index contributed by atoms with van der Waals surface area (Å²) in [4.78, 5) is 23.9. The fourth-order valence-electron chi connectivity index (χ4n) is 3.51. The molecule has 2 N–H and O–H groups in total. The van der Waals surface area contributed by atoms with Gasteiger partial charge in [-0.25, -0.2) is 4.79 Å². The van der Waals surface area contributed by atoms with Gasteiger partial charge in [-0.3, -0.25) is 4.79 Å². The molecule has 0 saturated carbocycles. The Bertz CT molecular complexity index is 578. The lowest BCUT2D eigenvalue weighted by Gasteiger charge is -2.34. The Morgan fingerprint density at radius 1 is 1.27 bits per heavy atom. The van der Waals surface area contributed by atoms with Crippen molar-refractivity contribution in [2.75, 3.05) is 13.2 Å². The van der Waals surface area contributed by atoms with Crippen LogP contribution in [0.1, 0.15) is 42.7 Å². The van der Waals surface area contributed by atoms with E-state index in [-0.39, 0.29) is 11.8 Å². The minimum Gasteiger partial charge on any atom is -0.480 e. The second-order valence-electron chi connectivity index (χ2n) is 6.19. The highest BCUT2D eigenvalue weighted by atomic mass is 16.5. The standard InChI is InChI=1S/C17H21NO4/c19-15(18-17(16(20)21)7-9-22-10-8-17)11-13-6-5-12-3-1-2-4-14(12)13/h1-4,13H,5-11H2,(H,18,19)(H,20,21)/t13-/m1/s1. The third-order valence-corrected chi connectivity index (χ3v) is 4.82. The van der Waals surface area contributed by atoms with Crippen molar-refractivity contribution in [1.29, 1.82) is 0 Å². The maximum absolute atomic E-state index is 12.4. The summed E-state index contributed by atoms with van der Waals surface area (Å²) < 4.78 is 5.22. The van der Waals surface area contributed by atoms with Gasteiger partial charge in [0.15, 0.2) is 0 Å². The number of carbonyl (C=O) groups excluding carboxylic acids is 1. The van der Waals surface area contributed by atoms with Crippen molar-refractivity contribution in [2.45, 2.75) is 43.6 Å². The SMILES string of the molecule is O=C(C[C@H]1CCc2ccccc21)NC1(C(=O)O)CCOCC1. The molecule has 0 spiro atoms. The van der Waals surface area contributed by atoms with E-state index in [1.54, 1.807) is 0 Å². The van der Waals surface area contributed by atoms with Gasteiger partial charge in [-0.2, -0.15) is 0 Å². The van der Waals surface area contributed by atoms with Crippen molar-refractivity contribution < 1.29 is 19.4 Å². The zero-order chi connectivity index (χ0) is 15.6. The van der Waals surface area contributed by atoms with Crippen LogP contribution in [0, 0.1) is 0 Å². The predicted molar refractivity (Wildman–Crippen MR) is 80.7 cm³/mol. The molecule has 1 fully saturated rings. The molecule has 0 unspecified atom stereocenters. The lowest BCUT2D eigenvalue weighted by atomic mass is 9.89. The van der Waals surface area contributed by atoms with Crippen molar-refractivity contribution in [3.63, 3.8) is 0 Å². The van der Waals surface area contributed by atoms with Gasteiger partial charge in [0.2, 0.25) is 5.91 Å². The van der Waals surface area contributed by atoms with E-state index in [2.05, 4.69) is 17.4 Å².